The van der Waals surface area contributed by atoms with Crippen molar-refractivity contribution in [1.82, 2.24) is 4.90 Å². The Hall–Kier alpha value is 0.310. The summed E-state index contributed by atoms with van der Waals surface area (Å²) in [6.45, 7) is 10.7. The average Bonchev–Trinajstić information content (AvgIpc) is 2.28. The normalized spacial score (nSPS) is 11.6. The molecule has 0 saturated heterocycles. The first kappa shape index (κ1) is 15.3. The Morgan fingerprint density at radius 2 is 1.67 bits per heavy atom. The van der Waals surface area contributed by atoms with Crippen LogP contribution in [0.2, 0.25) is 0 Å². The van der Waals surface area contributed by atoms with Gasteiger partial charge in [-0.05, 0) is 37.6 Å². The smallest absolute Gasteiger partial charge is 0.000934 e. The summed E-state index contributed by atoms with van der Waals surface area (Å²) in [5.41, 5.74) is 0. The Morgan fingerprint density at radius 1 is 1.00 bits per heavy atom. The molecule has 0 spiro atoms. The summed E-state index contributed by atoms with van der Waals surface area (Å²) in [7, 11) is 0. The summed E-state index contributed by atoms with van der Waals surface area (Å²) < 4.78 is 0. The number of nitrogens with zero attached hydrogens (tertiary/aromatic N) is 1. The predicted octanol–water partition coefficient (Wildman–Crippen LogP) is 3.84. The highest BCUT2D eigenvalue weighted by Crippen LogP contribution is 2.10. The van der Waals surface area contributed by atoms with Gasteiger partial charge in [0, 0.05) is 6.54 Å². The molecule has 0 atom stereocenters. The van der Waals surface area contributed by atoms with E-state index in [9.17, 15) is 0 Å². The van der Waals surface area contributed by atoms with E-state index in [2.05, 4.69) is 38.3 Å². The van der Waals surface area contributed by atoms with E-state index in [1.807, 2.05) is 0 Å². The highest BCUT2D eigenvalue weighted by atomic mass is 32.1. The maximum atomic E-state index is 4.24. The molecule has 0 unspecified atom stereocenters. The van der Waals surface area contributed by atoms with E-state index in [4.69, 9.17) is 0 Å². The minimum Gasteiger partial charge on any atom is -0.303 e. The fraction of sp³-hybridized carbons (Fsp3) is 1.00. The van der Waals surface area contributed by atoms with Crippen molar-refractivity contribution in [3.63, 3.8) is 0 Å². The summed E-state index contributed by atoms with van der Waals surface area (Å²) in [6.07, 6.45) is 6.59. The highest BCUT2D eigenvalue weighted by molar-refractivity contribution is 7.80. The third-order valence-electron chi connectivity index (χ3n) is 3.25. The van der Waals surface area contributed by atoms with Crippen LogP contribution in [0.3, 0.4) is 0 Å². The maximum Gasteiger partial charge on any atom is 0.000934 e. The summed E-state index contributed by atoms with van der Waals surface area (Å²) in [4.78, 5) is 2.61. The lowest BCUT2D eigenvalue weighted by atomic mass is 10.0. The van der Waals surface area contributed by atoms with Crippen molar-refractivity contribution in [2.75, 3.05) is 25.4 Å². The Labute approximate surface area is 102 Å². The topological polar surface area (TPSA) is 3.24 Å². The number of hydrogen-bond donors (Lipinski definition) is 1. The van der Waals surface area contributed by atoms with Crippen molar-refractivity contribution in [3.8, 4) is 0 Å². The van der Waals surface area contributed by atoms with Crippen molar-refractivity contribution in [2.45, 2.75) is 52.9 Å². The molecule has 0 aliphatic carbocycles. The molecule has 0 amide bonds. The van der Waals surface area contributed by atoms with Gasteiger partial charge in [0.25, 0.3) is 0 Å². The van der Waals surface area contributed by atoms with Crippen LogP contribution in [0, 0.1) is 5.92 Å². The first-order valence-corrected chi connectivity index (χ1v) is 7.24. The summed E-state index contributed by atoms with van der Waals surface area (Å²) in [5.74, 6) is 1.94. The van der Waals surface area contributed by atoms with Gasteiger partial charge in [-0.2, -0.15) is 12.6 Å². The third-order valence-corrected chi connectivity index (χ3v) is 3.57. The van der Waals surface area contributed by atoms with Gasteiger partial charge in [-0.15, -0.1) is 0 Å². The molecule has 0 aliphatic heterocycles. The van der Waals surface area contributed by atoms with Crippen molar-refractivity contribution in [2.24, 2.45) is 5.92 Å². The lowest BCUT2D eigenvalue weighted by Gasteiger charge is -2.25. The Kier molecular flexibility index (Phi) is 11.0. The minimum absolute atomic E-state index is 0.898. The molecule has 0 heterocycles. The van der Waals surface area contributed by atoms with Gasteiger partial charge >= 0.3 is 0 Å². The van der Waals surface area contributed by atoms with E-state index in [1.54, 1.807) is 0 Å². The highest BCUT2D eigenvalue weighted by Gasteiger charge is 2.08. The van der Waals surface area contributed by atoms with Gasteiger partial charge in [0.2, 0.25) is 0 Å². The van der Waals surface area contributed by atoms with E-state index in [0.717, 1.165) is 11.7 Å². The summed E-state index contributed by atoms with van der Waals surface area (Å²) in [6, 6.07) is 0. The van der Waals surface area contributed by atoms with Gasteiger partial charge in [0.15, 0.2) is 0 Å². The molecular formula is C13H29NS. The molecule has 0 aromatic heterocycles. The van der Waals surface area contributed by atoms with Gasteiger partial charge in [-0.3, -0.25) is 0 Å². The number of rotatable bonds is 10. The zero-order valence-electron chi connectivity index (χ0n) is 10.8. The summed E-state index contributed by atoms with van der Waals surface area (Å²) >= 11 is 4.24. The molecule has 2 heteroatoms. The quantitative estimate of drug-likeness (QED) is 0.441. The molecule has 0 aliphatic rings. The number of thiol groups is 1. The van der Waals surface area contributed by atoms with E-state index in [-0.39, 0.29) is 0 Å². The molecule has 0 rings (SSSR count). The minimum atomic E-state index is 0.898. The van der Waals surface area contributed by atoms with Crippen LogP contribution in [0.4, 0.5) is 0 Å². The lowest BCUT2D eigenvalue weighted by molar-refractivity contribution is 0.229. The van der Waals surface area contributed by atoms with Crippen LogP contribution in [0.15, 0.2) is 0 Å². The van der Waals surface area contributed by atoms with E-state index in [0.29, 0.717) is 0 Å². The molecule has 0 fully saturated rings. The van der Waals surface area contributed by atoms with Crippen molar-refractivity contribution in [3.05, 3.63) is 0 Å². The standard InChI is InChI=1S/C13H29NS/c1-4-13(5-2)12-14(6-3)10-8-7-9-11-15/h13,15H,4-12H2,1-3H3. The number of hydrogen-bond acceptors (Lipinski definition) is 2. The first-order chi connectivity index (χ1) is 7.28. The van der Waals surface area contributed by atoms with Gasteiger partial charge in [-0.1, -0.05) is 40.0 Å². The van der Waals surface area contributed by atoms with Crippen LogP contribution < -0.4 is 0 Å². The predicted molar refractivity (Wildman–Crippen MR) is 73.9 cm³/mol. The second kappa shape index (κ2) is 10.8. The molecule has 1 nitrogen and oxygen atoms in total. The average molecular weight is 231 g/mol. The first-order valence-electron chi connectivity index (χ1n) is 6.61. The van der Waals surface area contributed by atoms with E-state index >= 15 is 0 Å². The fourth-order valence-corrected chi connectivity index (χ4v) is 2.14. The Balaban J connectivity index is 3.61. The van der Waals surface area contributed by atoms with Crippen LogP contribution in [-0.4, -0.2) is 30.3 Å². The van der Waals surface area contributed by atoms with Gasteiger partial charge in [-0.25, -0.2) is 0 Å². The molecule has 0 radical (unpaired) electrons. The van der Waals surface area contributed by atoms with Crippen LogP contribution in [0.1, 0.15) is 52.9 Å². The van der Waals surface area contributed by atoms with Crippen molar-refractivity contribution in [1.29, 1.82) is 0 Å². The zero-order valence-corrected chi connectivity index (χ0v) is 11.7. The zero-order chi connectivity index (χ0) is 11.5. The molecule has 0 aromatic rings. The van der Waals surface area contributed by atoms with Gasteiger partial charge in [0.1, 0.15) is 0 Å². The fourth-order valence-electron chi connectivity index (χ4n) is 1.91. The Morgan fingerprint density at radius 3 is 2.13 bits per heavy atom. The molecule has 0 aromatic carbocycles. The molecule has 0 saturated carbocycles. The van der Waals surface area contributed by atoms with Crippen molar-refractivity contribution < 1.29 is 0 Å². The summed E-state index contributed by atoms with van der Waals surface area (Å²) in [5, 5.41) is 0. The molecule has 15 heavy (non-hydrogen) atoms. The Bertz CT molecular complexity index is 124. The SMILES string of the molecule is CCC(CC)CN(CC)CCCCCS. The van der Waals surface area contributed by atoms with Crippen LogP contribution in [0.5, 0.6) is 0 Å². The van der Waals surface area contributed by atoms with E-state index in [1.165, 1.54) is 51.7 Å². The largest absolute Gasteiger partial charge is 0.303 e. The van der Waals surface area contributed by atoms with Crippen LogP contribution in [-0.2, 0) is 0 Å². The molecule has 92 valence electrons. The second-order valence-electron chi connectivity index (χ2n) is 4.36. The van der Waals surface area contributed by atoms with Gasteiger partial charge < -0.3 is 4.90 Å². The van der Waals surface area contributed by atoms with Crippen LogP contribution >= 0.6 is 12.6 Å². The second-order valence-corrected chi connectivity index (χ2v) is 4.81. The monoisotopic (exact) mass is 231 g/mol. The van der Waals surface area contributed by atoms with Crippen molar-refractivity contribution >= 4 is 12.6 Å². The maximum absolute atomic E-state index is 4.24. The van der Waals surface area contributed by atoms with Gasteiger partial charge in [0.05, 0.1) is 0 Å². The van der Waals surface area contributed by atoms with E-state index < -0.39 is 0 Å². The lowest BCUT2D eigenvalue weighted by Crippen LogP contribution is -2.30. The molecular weight excluding hydrogens is 202 g/mol. The third kappa shape index (κ3) is 8.15. The molecule has 0 N–H and O–H groups in total. The number of unbranched alkanes of at least 4 members (excludes halogenated alkanes) is 2. The van der Waals surface area contributed by atoms with Crippen LogP contribution in [0.25, 0.3) is 0 Å². The molecule has 0 bridgehead atoms.